The van der Waals surface area contributed by atoms with E-state index in [2.05, 4.69) is 36.1 Å². The molecule has 28 nitrogen and oxygen atoms in total. The standard InChI is InChI=1S/C43H31Cl2N9O19S7/c1-21-30(19-46)40(48-23-5-9-32(44)36(14-23)79(67,68)69)50-41(49-24-6-10-33(45)37(15-24)80(70,71)72)39(21)52-53-42-31(20-47)38(22-3-7-26(8-4-22)73-11-2-12-75(55,56)57)43(74-42)54-51-25-13-28-29(34(16-25)77(61,62)63)17-27(76(58,59)60)18-35(28)78(64,65)66/h3-10,13-18H,2,11-12H2,1H3,(H2,48,49,50)(H,55,56,57)(H,58,59,60)(H,61,62,63)(H,64,65,66)(H,67,68,69)(H,70,71,72). The first-order chi connectivity index (χ1) is 37.1. The highest BCUT2D eigenvalue weighted by Gasteiger charge is 2.28. The first-order valence-electron chi connectivity index (χ1n) is 21.2. The van der Waals surface area contributed by atoms with Crippen LogP contribution in [0.2, 0.25) is 10.0 Å². The largest absolute Gasteiger partial charge is 0.494 e. The van der Waals surface area contributed by atoms with E-state index < -0.39 is 112 Å². The van der Waals surface area contributed by atoms with Crippen LogP contribution in [0.5, 0.6) is 5.75 Å². The van der Waals surface area contributed by atoms with Crippen LogP contribution < -0.4 is 15.4 Å². The first-order valence-corrected chi connectivity index (χ1v) is 31.6. The summed E-state index contributed by atoms with van der Waals surface area (Å²) in [6, 6.07) is 18.2. The van der Waals surface area contributed by atoms with Gasteiger partial charge in [0.1, 0.15) is 53.7 Å². The van der Waals surface area contributed by atoms with Gasteiger partial charge in [-0.05, 0) is 91.7 Å². The number of rotatable bonds is 19. The SMILES string of the molecule is Cc1c(C#N)c(Nc2ccc(Cl)c(S(=O)(=O)O)c2)nc(Nc2ccc(Cl)c(S(=O)(=O)O)c2)c1N=Nc1sc(N=Nc2cc(S(=O)(=O)O)c3cc(S(=O)(=O)O)cc(S(=O)(=O)O)c3c2)c(-c2ccc(OCCCS(=O)(=O)O)cc2)c1C#N. The van der Waals surface area contributed by atoms with E-state index in [-0.39, 0.29) is 90.3 Å². The highest BCUT2D eigenvalue weighted by atomic mass is 35.5. The van der Waals surface area contributed by atoms with E-state index in [4.69, 9.17) is 32.5 Å². The van der Waals surface area contributed by atoms with Crippen LogP contribution in [0.25, 0.3) is 21.9 Å². The monoisotopic (exact) mass is 1270 g/mol. The van der Waals surface area contributed by atoms with Gasteiger partial charge < -0.3 is 15.4 Å². The van der Waals surface area contributed by atoms with Gasteiger partial charge in [0.05, 0.1) is 38.6 Å². The zero-order valence-corrected chi connectivity index (χ0v) is 46.7. The van der Waals surface area contributed by atoms with Crippen molar-refractivity contribution in [1.82, 2.24) is 4.98 Å². The maximum atomic E-state index is 12.7. The molecular formula is C43H31Cl2N9O19S7. The van der Waals surface area contributed by atoms with Gasteiger partial charge in [-0.25, -0.2) is 4.98 Å². The van der Waals surface area contributed by atoms with Gasteiger partial charge in [0, 0.05) is 33.3 Å². The molecule has 2 heterocycles. The third-order valence-corrected chi connectivity index (χ3v) is 17.8. The van der Waals surface area contributed by atoms with Crippen molar-refractivity contribution in [2.24, 2.45) is 20.5 Å². The maximum absolute atomic E-state index is 12.7. The molecule has 0 unspecified atom stereocenters. The number of ether oxygens (including phenoxy) is 1. The highest BCUT2D eigenvalue weighted by molar-refractivity contribution is 7.87. The van der Waals surface area contributed by atoms with Crippen molar-refractivity contribution in [3.8, 4) is 29.0 Å². The van der Waals surface area contributed by atoms with Gasteiger partial charge in [0.15, 0.2) is 16.6 Å². The minimum absolute atomic E-state index is 0.0505. The summed E-state index contributed by atoms with van der Waals surface area (Å²) in [6.45, 7) is 1.17. The second-order valence-corrected chi connectivity index (χ2v) is 26.5. The number of azo groups is 2. The molecule has 5 aromatic carbocycles. The molecule has 0 saturated heterocycles. The Balaban J connectivity index is 1.44. The second kappa shape index (κ2) is 22.8. The lowest BCUT2D eigenvalue weighted by Crippen LogP contribution is -2.08. The van der Waals surface area contributed by atoms with E-state index in [0.717, 1.165) is 30.3 Å². The number of nitrogens with one attached hydrogen (secondary N) is 2. The number of aromatic nitrogens is 1. The lowest BCUT2D eigenvalue weighted by molar-refractivity contribution is 0.316. The molecule has 0 radical (unpaired) electrons. The number of thiophene rings is 1. The molecule has 0 aliphatic rings. The van der Waals surface area contributed by atoms with Crippen LogP contribution >= 0.6 is 34.5 Å². The van der Waals surface area contributed by atoms with Crippen molar-refractivity contribution in [2.45, 2.75) is 37.8 Å². The number of halogens is 2. The van der Waals surface area contributed by atoms with Gasteiger partial charge in [-0.1, -0.05) is 46.7 Å². The predicted octanol–water partition coefficient (Wildman–Crippen LogP) is 9.53. The van der Waals surface area contributed by atoms with Gasteiger partial charge >= 0.3 is 0 Å². The summed E-state index contributed by atoms with van der Waals surface area (Å²) in [5, 5.41) is 40.7. The van der Waals surface area contributed by atoms with E-state index in [9.17, 15) is 83.8 Å². The molecule has 0 fully saturated rings. The molecule has 0 aliphatic heterocycles. The fraction of sp³-hybridized carbons (Fsp3) is 0.0930. The van der Waals surface area contributed by atoms with Crippen molar-refractivity contribution in [2.75, 3.05) is 23.0 Å². The molecule has 0 bridgehead atoms. The summed E-state index contributed by atoms with van der Waals surface area (Å²) in [7, 11) is -30.3. The summed E-state index contributed by atoms with van der Waals surface area (Å²) in [5.74, 6) is -1.11. The minimum Gasteiger partial charge on any atom is -0.494 e. The molecule has 0 atom stereocenters. The predicted molar refractivity (Wildman–Crippen MR) is 286 cm³/mol. The normalized spacial score (nSPS) is 12.7. The molecule has 0 saturated carbocycles. The fourth-order valence-electron chi connectivity index (χ4n) is 7.22. The summed E-state index contributed by atoms with van der Waals surface area (Å²) in [6.07, 6.45) is -0.114. The van der Waals surface area contributed by atoms with E-state index >= 15 is 0 Å². The molecule has 80 heavy (non-hydrogen) atoms. The highest BCUT2D eigenvalue weighted by Crippen LogP contribution is 2.49. The number of pyridine rings is 1. The number of nitrogens with zero attached hydrogens (tertiary/aromatic N) is 7. The Kier molecular flexibility index (Phi) is 17.2. The molecule has 7 aromatic rings. The Bertz CT molecular complexity index is 4610. The lowest BCUT2D eigenvalue weighted by Gasteiger charge is -2.16. The third kappa shape index (κ3) is 14.0. The van der Waals surface area contributed by atoms with Gasteiger partial charge in [0.25, 0.3) is 60.7 Å². The molecule has 8 N–H and O–H groups in total. The molecule has 0 amide bonds. The van der Waals surface area contributed by atoms with Gasteiger partial charge in [-0.15, -0.1) is 20.5 Å². The number of fused-ring (bicyclic) bond motifs is 1. The van der Waals surface area contributed by atoms with Crippen molar-refractivity contribution in [3.63, 3.8) is 0 Å². The molecular weight excluding hydrogens is 1240 g/mol. The van der Waals surface area contributed by atoms with Crippen LogP contribution in [-0.2, 0) is 60.7 Å². The second-order valence-electron chi connectivity index (χ2n) is 16.1. The average molecular weight is 1270 g/mol. The maximum Gasteiger partial charge on any atom is 0.296 e. The Labute approximate surface area is 467 Å². The third-order valence-electron chi connectivity index (χ3n) is 10.7. The molecule has 2 aromatic heterocycles. The molecule has 7 rings (SSSR count). The number of benzene rings is 5. The topological polar surface area (TPSA) is 469 Å². The average Bonchev–Trinajstić information content (AvgIpc) is 3.80. The number of nitriles is 2. The molecule has 0 spiro atoms. The molecule has 37 heteroatoms. The Morgan fingerprint density at radius 1 is 0.588 bits per heavy atom. The smallest absolute Gasteiger partial charge is 0.296 e. The first kappa shape index (κ1) is 60.5. The van der Waals surface area contributed by atoms with Crippen molar-refractivity contribution < 1.29 is 82.6 Å². The number of hydrogen-bond donors (Lipinski definition) is 8. The van der Waals surface area contributed by atoms with Crippen LogP contribution in [0.4, 0.5) is 44.4 Å². The van der Waals surface area contributed by atoms with Crippen LogP contribution in [0.15, 0.2) is 130 Å². The quantitative estimate of drug-likeness (QED) is 0.0212. The molecule has 0 aliphatic carbocycles. The lowest BCUT2D eigenvalue weighted by atomic mass is 10.0. The van der Waals surface area contributed by atoms with Crippen LogP contribution in [0.1, 0.15) is 23.1 Å². The number of hydrogen-bond acceptors (Lipinski definition) is 23. The van der Waals surface area contributed by atoms with E-state index in [0.29, 0.717) is 29.5 Å². The van der Waals surface area contributed by atoms with Gasteiger partial charge in [-0.3, -0.25) is 27.3 Å². The van der Waals surface area contributed by atoms with Crippen molar-refractivity contribution in [3.05, 3.63) is 112 Å². The van der Waals surface area contributed by atoms with Gasteiger partial charge in [-0.2, -0.15) is 61.0 Å². The van der Waals surface area contributed by atoms with Crippen LogP contribution in [0, 0.1) is 29.6 Å². The van der Waals surface area contributed by atoms with E-state index in [1.165, 1.54) is 43.3 Å². The summed E-state index contributed by atoms with van der Waals surface area (Å²) < 4.78 is 210. The Hall–Kier alpha value is -7.17. The summed E-state index contributed by atoms with van der Waals surface area (Å²) in [4.78, 5) is -0.682. The zero-order valence-electron chi connectivity index (χ0n) is 39.4. The zero-order chi connectivity index (χ0) is 59.1. The van der Waals surface area contributed by atoms with E-state index in [1.807, 2.05) is 12.1 Å². The van der Waals surface area contributed by atoms with E-state index in [1.54, 1.807) is 0 Å². The van der Waals surface area contributed by atoms with Crippen molar-refractivity contribution in [1.29, 1.82) is 10.5 Å². The summed E-state index contributed by atoms with van der Waals surface area (Å²) >= 11 is 12.6. The molecule has 418 valence electrons. The van der Waals surface area contributed by atoms with Gasteiger partial charge in [0.2, 0.25) is 0 Å². The Morgan fingerprint density at radius 2 is 1.10 bits per heavy atom. The minimum atomic E-state index is -5.45. The van der Waals surface area contributed by atoms with Crippen LogP contribution in [-0.4, -0.2) is 95.2 Å². The fourth-order valence-corrected chi connectivity index (χ4v) is 12.7. The number of anilines is 4. The Morgan fingerprint density at radius 3 is 1.61 bits per heavy atom. The van der Waals surface area contributed by atoms with Crippen LogP contribution in [0.3, 0.4) is 0 Å². The summed E-state index contributed by atoms with van der Waals surface area (Å²) in [5.41, 5.74) is -1.68. The van der Waals surface area contributed by atoms with Crippen molar-refractivity contribution >= 4 is 150 Å².